The van der Waals surface area contributed by atoms with Gasteiger partial charge in [0.2, 0.25) is 0 Å². The first-order chi connectivity index (χ1) is 8.52. The van der Waals surface area contributed by atoms with Crippen molar-refractivity contribution >= 4 is 26.0 Å². The van der Waals surface area contributed by atoms with E-state index in [1.165, 1.54) is 6.07 Å². The maximum Gasteiger partial charge on any atom is 0.295 e. The number of halogens is 1. The molecule has 3 nitrogen and oxygen atoms in total. The molecule has 0 atom stereocenters. The Labute approximate surface area is 114 Å². The minimum atomic E-state index is -4.21. The van der Waals surface area contributed by atoms with E-state index in [2.05, 4.69) is 15.9 Å². The normalized spacial score (nSPS) is 11.4. The molecule has 2 aromatic rings. The fourth-order valence-corrected chi connectivity index (χ4v) is 2.79. The van der Waals surface area contributed by atoms with Crippen molar-refractivity contribution in [3.05, 3.63) is 54.1 Å². The average molecular weight is 327 g/mol. The highest BCUT2D eigenvalue weighted by Crippen LogP contribution is 2.27. The van der Waals surface area contributed by atoms with Crippen LogP contribution in [0.25, 0.3) is 11.1 Å². The predicted molar refractivity (Wildman–Crippen MR) is 74.3 cm³/mol. The standard InChI is InChI=1S/C13H11BrO3S/c14-9-10-5-7-11(8-6-10)12-3-1-2-4-13(12)18(15,16)17/h1-8H,9H2,(H,15,16,17). The summed E-state index contributed by atoms with van der Waals surface area (Å²) in [5.41, 5.74) is 2.36. The molecule has 0 unspecified atom stereocenters. The Hall–Kier alpha value is -1.17. The second-order valence-electron chi connectivity index (χ2n) is 3.80. The van der Waals surface area contributed by atoms with Crippen LogP contribution in [-0.4, -0.2) is 13.0 Å². The van der Waals surface area contributed by atoms with Crippen molar-refractivity contribution in [2.24, 2.45) is 0 Å². The van der Waals surface area contributed by atoms with Crippen molar-refractivity contribution in [2.45, 2.75) is 10.2 Å². The molecule has 0 bridgehead atoms. The van der Waals surface area contributed by atoms with Crippen molar-refractivity contribution in [1.29, 1.82) is 0 Å². The van der Waals surface area contributed by atoms with Gasteiger partial charge in [0.1, 0.15) is 4.90 Å². The maximum absolute atomic E-state index is 11.3. The van der Waals surface area contributed by atoms with Crippen molar-refractivity contribution in [3.8, 4) is 11.1 Å². The Morgan fingerprint density at radius 2 is 1.61 bits per heavy atom. The number of benzene rings is 2. The van der Waals surface area contributed by atoms with Crippen LogP contribution in [0.5, 0.6) is 0 Å². The average Bonchev–Trinajstić information content (AvgIpc) is 2.38. The maximum atomic E-state index is 11.3. The monoisotopic (exact) mass is 326 g/mol. The van der Waals surface area contributed by atoms with Gasteiger partial charge < -0.3 is 0 Å². The molecule has 0 heterocycles. The summed E-state index contributed by atoms with van der Waals surface area (Å²) in [5, 5.41) is 0.743. The molecule has 0 aliphatic rings. The highest BCUT2D eigenvalue weighted by atomic mass is 79.9. The van der Waals surface area contributed by atoms with Crippen LogP contribution in [0.2, 0.25) is 0 Å². The summed E-state index contributed by atoms with van der Waals surface area (Å²) in [6.07, 6.45) is 0. The van der Waals surface area contributed by atoms with E-state index in [0.29, 0.717) is 5.56 Å². The van der Waals surface area contributed by atoms with Crippen LogP contribution in [0, 0.1) is 0 Å². The van der Waals surface area contributed by atoms with E-state index >= 15 is 0 Å². The summed E-state index contributed by atoms with van der Waals surface area (Å²) in [4.78, 5) is -0.0726. The topological polar surface area (TPSA) is 54.4 Å². The molecule has 0 aliphatic heterocycles. The first kappa shape index (κ1) is 13.3. The first-order valence-corrected chi connectivity index (χ1v) is 7.80. The zero-order valence-corrected chi connectivity index (χ0v) is 11.8. The molecule has 94 valence electrons. The third-order valence-corrected chi connectivity index (χ3v) is 4.14. The van der Waals surface area contributed by atoms with Gasteiger partial charge in [-0.1, -0.05) is 58.4 Å². The third-order valence-electron chi connectivity index (χ3n) is 2.58. The fraction of sp³-hybridized carbons (Fsp3) is 0.0769. The number of hydrogen-bond acceptors (Lipinski definition) is 2. The van der Waals surface area contributed by atoms with Gasteiger partial charge in [0.25, 0.3) is 10.1 Å². The summed E-state index contributed by atoms with van der Waals surface area (Å²) < 4.78 is 31.8. The van der Waals surface area contributed by atoms with E-state index in [-0.39, 0.29) is 4.90 Å². The van der Waals surface area contributed by atoms with E-state index in [4.69, 9.17) is 0 Å². The molecule has 0 saturated heterocycles. The lowest BCUT2D eigenvalue weighted by Crippen LogP contribution is -2.00. The van der Waals surface area contributed by atoms with E-state index < -0.39 is 10.1 Å². The van der Waals surface area contributed by atoms with Crippen LogP contribution in [0.4, 0.5) is 0 Å². The van der Waals surface area contributed by atoms with Crippen molar-refractivity contribution in [2.75, 3.05) is 0 Å². The molecule has 0 radical (unpaired) electrons. The van der Waals surface area contributed by atoms with Gasteiger partial charge in [0.05, 0.1) is 0 Å². The van der Waals surface area contributed by atoms with Gasteiger partial charge in [0.15, 0.2) is 0 Å². The molecule has 0 amide bonds. The van der Waals surface area contributed by atoms with Crippen molar-refractivity contribution < 1.29 is 13.0 Å². The summed E-state index contributed by atoms with van der Waals surface area (Å²) in [5.74, 6) is 0. The molecule has 18 heavy (non-hydrogen) atoms. The van der Waals surface area contributed by atoms with Crippen LogP contribution >= 0.6 is 15.9 Å². The smallest absolute Gasteiger partial charge is 0.282 e. The minimum absolute atomic E-state index is 0.0726. The molecule has 0 spiro atoms. The van der Waals surface area contributed by atoms with Crippen molar-refractivity contribution in [1.82, 2.24) is 0 Å². The van der Waals surface area contributed by atoms with Crippen LogP contribution in [0.15, 0.2) is 53.4 Å². The SMILES string of the molecule is O=S(=O)(O)c1ccccc1-c1ccc(CBr)cc1. The predicted octanol–water partition coefficient (Wildman–Crippen LogP) is 3.50. The second-order valence-corrected chi connectivity index (χ2v) is 5.75. The summed E-state index contributed by atoms with van der Waals surface area (Å²) in [6.45, 7) is 0. The number of hydrogen-bond donors (Lipinski definition) is 1. The van der Waals surface area contributed by atoms with Crippen LogP contribution in [0.3, 0.4) is 0 Å². The largest absolute Gasteiger partial charge is 0.295 e. The van der Waals surface area contributed by atoms with E-state index in [1.807, 2.05) is 24.3 Å². The highest BCUT2D eigenvalue weighted by Gasteiger charge is 2.15. The van der Waals surface area contributed by atoms with Gasteiger partial charge >= 0.3 is 0 Å². The Bertz CT molecular complexity index is 648. The van der Waals surface area contributed by atoms with E-state index in [9.17, 15) is 13.0 Å². The molecule has 5 heteroatoms. The number of rotatable bonds is 3. The van der Waals surface area contributed by atoms with E-state index in [1.54, 1.807) is 18.2 Å². The lowest BCUT2D eigenvalue weighted by molar-refractivity contribution is 0.483. The summed E-state index contributed by atoms with van der Waals surface area (Å²) in [6, 6.07) is 13.9. The Morgan fingerprint density at radius 3 is 2.17 bits per heavy atom. The van der Waals surface area contributed by atoms with Gasteiger partial charge in [0, 0.05) is 10.9 Å². The summed E-state index contributed by atoms with van der Waals surface area (Å²) >= 11 is 3.35. The Balaban J connectivity index is 2.57. The molecule has 0 saturated carbocycles. The fourth-order valence-electron chi connectivity index (χ4n) is 1.70. The highest BCUT2D eigenvalue weighted by molar-refractivity contribution is 9.08. The molecular formula is C13H11BrO3S. The first-order valence-electron chi connectivity index (χ1n) is 5.24. The number of alkyl halides is 1. The van der Waals surface area contributed by atoms with Gasteiger partial charge in [-0.15, -0.1) is 0 Å². The van der Waals surface area contributed by atoms with Gasteiger partial charge in [-0.25, -0.2) is 0 Å². The zero-order chi connectivity index (χ0) is 13.2. The van der Waals surface area contributed by atoms with Gasteiger partial charge in [-0.05, 0) is 17.2 Å². The zero-order valence-electron chi connectivity index (χ0n) is 9.38. The second kappa shape index (κ2) is 5.22. The van der Waals surface area contributed by atoms with E-state index in [0.717, 1.165) is 16.5 Å². The van der Waals surface area contributed by atoms with Crippen molar-refractivity contribution in [3.63, 3.8) is 0 Å². The van der Waals surface area contributed by atoms with Crippen LogP contribution < -0.4 is 0 Å². The third kappa shape index (κ3) is 2.80. The molecule has 2 rings (SSSR count). The van der Waals surface area contributed by atoms with Gasteiger partial charge in [-0.3, -0.25) is 4.55 Å². The molecule has 2 aromatic carbocycles. The molecular weight excluding hydrogens is 316 g/mol. The Morgan fingerprint density at radius 1 is 1.00 bits per heavy atom. The summed E-state index contributed by atoms with van der Waals surface area (Å²) in [7, 11) is -4.21. The lowest BCUT2D eigenvalue weighted by atomic mass is 10.0. The minimum Gasteiger partial charge on any atom is -0.282 e. The Kier molecular flexibility index (Phi) is 3.85. The molecule has 0 aliphatic carbocycles. The van der Waals surface area contributed by atoms with Gasteiger partial charge in [-0.2, -0.15) is 8.42 Å². The van der Waals surface area contributed by atoms with Crippen LogP contribution in [0.1, 0.15) is 5.56 Å². The lowest BCUT2D eigenvalue weighted by Gasteiger charge is -2.07. The van der Waals surface area contributed by atoms with Crippen LogP contribution in [-0.2, 0) is 15.4 Å². The quantitative estimate of drug-likeness (QED) is 0.693. The molecule has 0 aromatic heterocycles. The molecule has 1 N–H and O–H groups in total. The molecule has 0 fully saturated rings.